The number of nitrogens with zero attached hydrogens (tertiary/aromatic N) is 3. The Hall–Kier alpha value is -1.88. The molecular weight excluding hydrogens is 276 g/mol. The quantitative estimate of drug-likeness (QED) is 0.808. The molecule has 2 aromatic rings. The number of aryl methyl sites for hydroxylation is 1. The van der Waals surface area contributed by atoms with E-state index in [4.69, 9.17) is 0 Å². The molecule has 1 N–H and O–H groups in total. The highest BCUT2D eigenvalue weighted by Crippen LogP contribution is 2.26. The Morgan fingerprint density at radius 3 is 2.50 bits per heavy atom. The van der Waals surface area contributed by atoms with Crippen LogP contribution in [0.25, 0.3) is 10.9 Å². The molecule has 0 saturated carbocycles. The second kappa shape index (κ2) is 5.39. The zero-order valence-corrected chi connectivity index (χ0v) is 13.0. The lowest BCUT2D eigenvalue weighted by Crippen LogP contribution is -2.41. The van der Waals surface area contributed by atoms with Crippen LogP contribution >= 0.6 is 0 Å². The highest BCUT2D eigenvalue weighted by atomic mass is 16.1. The number of rotatable bonds is 0. The Morgan fingerprint density at radius 1 is 1.18 bits per heavy atom. The Labute approximate surface area is 130 Å². The van der Waals surface area contributed by atoms with Crippen molar-refractivity contribution >= 4 is 16.8 Å². The number of nitrogens with one attached hydrogen (secondary N) is 1. The van der Waals surface area contributed by atoms with E-state index in [2.05, 4.69) is 15.3 Å². The summed E-state index contributed by atoms with van der Waals surface area (Å²) in [4.78, 5) is 14.1. The lowest BCUT2D eigenvalue weighted by atomic mass is 9.89. The topological polar surface area (TPSA) is 50.2 Å². The molecule has 0 aliphatic carbocycles. The van der Waals surface area contributed by atoms with Gasteiger partial charge in [-0.1, -0.05) is 6.07 Å². The summed E-state index contributed by atoms with van der Waals surface area (Å²) in [6.07, 6.45) is 4.46. The molecule has 22 heavy (non-hydrogen) atoms. The van der Waals surface area contributed by atoms with Crippen molar-refractivity contribution in [3.63, 3.8) is 0 Å². The van der Waals surface area contributed by atoms with Crippen molar-refractivity contribution in [3.05, 3.63) is 29.5 Å². The van der Waals surface area contributed by atoms with Crippen LogP contribution in [0.2, 0.25) is 0 Å². The van der Waals surface area contributed by atoms with Crippen LogP contribution in [-0.4, -0.2) is 40.2 Å². The standard InChI is InChI=1S/C10H9N3O.C7H13N/c1-13-8-4-2-3-6-9(8)7(12-13)5-11-10(6)14;1-4-8-5-2-7(1)3-6-8/h2-4H,5H2,1H3,(H,11,14);7H,1-6H2. The lowest BCUT2D eigenvalue weighted by molar-refractivity contribution is 0.0949. The molecule has 5 heteroatoms. The fourth-order valence-electron chi connectivity index (χ4n) is 3.83. The first-order valence-electron chi connectivity index (χ1n) is 8.17. The van der Waals surface area contributed by atoms with Gasteiger partial charge in [0.2, 0.25) is 0 Å². The maximum atomic E-state index is 11.5. The van der Waals surface area contributed by atoms with Crippen LogP contribution in [0.4, 0.5) is 0 Å². The lowest BCUT2D eigenvalue weighted by Gasteiger charge is -2.38. The number of carbonyl (C=O) groups excluding carboxylic acids is 1. The van der Waals surface area contributed by atoms with Crippen molar-refractivity contribution in [2.45, 2.75) is 25.8 Å². The van der Waals surface area contributed by atoms with E-state index < -0.39 is 0 Å². The van der Waals surface area contributed by atoms with E-state index in [1.54, 1.807) is 0 Å². The van der Waals surface area contributed by atoms with E-state index >= 15 is 0 Å². The first-order chi connectivity index (χ1) is 10.7. The van der Waals surface area contributed by atoms with Crippen molar-refractivity contribution in [3.8, 4) is 0 Å². The van der Waals surface area contributed by atoms with Crippen LogP contribution < -0.4 is 5.32 Å². The van der Waals surface area contributed by atoms with E-state index in [1.165, 1.54) is 38.9 Å². The number of hydrogen-bond donors (Lipinski definition) is 1. The van der Waals surface area contributed by atoms with Crippen molar-refractivity contribution < 1.29 is 4.79 Å². The van der Waals surface area contributed by atoms with Crippen molar-refractivity contribution in [2.24, 2.45) is 13.0 Å². The van der Waals surface area contributed by atoms with Gasteiger partial charge in [0.05, 0.1) is 23.3 Å². The highest BCUT2D eigenvalue weighted by Gasteiger charge is 2.24. The molecule has 5 heterocycles. The summed E-state index contributed by atoms with van der Waals surface area (Å²) < 4.78 is 1.81. The molecule has 1 aromatic carbocycles. The normalized spacial score (nSPS) is 25.6. The second-order valence-electron chi connectivity index (χ2n) is 6.53. The maximum Gasteiger partial charge on any atom is 0.252 e. The maximum absolute atomic E-state index is 11.5. The molecule has 3 fully saturated rings. The molecule has 3 saturated heterocycles. The summed E-state index contributed by atoms with van der Waals surface area (Å²) in [5, 5.41) is 8.15. The summed E-state index contributed by atoms with van der Waals surface area (Å²) in [7, 11) is 1.89. The zero-order chi connectivity index (χ0) is 15.1. The first-order valence-corrected chi connectivity index (χ1v) is 8.17. The van der Waals surface area contributed by atoms with Crippen LogP contribution in [0.5, 0.6) is 0 Å². The van der Waals surface area contributed by atoms with Gasteiger partial charge in [-0.3, -0.25) is 9.48 Å². The number of fused-ring (bicyclic) bond motifs is 3. The number of aromatic nitrogens is 2. The minimum atomic E-state index is -0.00361. The Balaban J connectivity index is 0.000000132. The monoisotopic (exact) mass is 298 g/mol. The van der Waals surface area contributed by atoms with Crippen molar-refractivity contribution in [1.82, 2.24) is 20.0 Å². The molecule has 1 aromatic heterocycles. The summed E-state index contributed by atoms with van der Waals surface area (Å²) in [5.74, 6) is 1.11. The molecule has 0 spiro atoms. The van der Waals surface area contributed by atoms with Crippen LogP contribution in [-0.2, 0) is 13.6 Å². The van der Waals surface area contributed by atoms with Crippen LogP contribution in [0.15, 0.2) is 18.2 Å². The Kier molecular flexibility index (Phi) is 3.37. The minimum absolute atomic E-state index is 0.00361. The average molecular weight is 298 g/mol. The van der Waals surface area contributed by atoms with Crippen LogP contribution in [0.3, 0.4) is 0 Å². The van der Waals surface area contributed by atoms with Crippen LogP contribution in [0, 0.1) is 5.92 Å². The van der Waals surface area contributed by atoms with Gasteiger partial charge in [0.25, 0.3) is 5.91 Å². The van der Waals surface area contributed by atoms with Gasteiger partial charge >= 0.3 is 0 Å². The Bertz CT molecular complexity index is 690. The molecule has 2 bridgehead atoms. The smallest absolute Gasteiger partial charge is 0.252 e. The highest BCUT2D eigenvalue weighted by molar-refractivity contribution is 6.08. The third-order valence-electron chi connectivity index (χ3n) is 5.17. The van der Waals surface area contributed by atoms with Crippen molar-refractivity contribution in [1.29, 1.82) is 0 Å². The summed E-state index contributed by atoms with van der Waals surface area (Å²) in [6.45, 7) is 4.72. The number of benzene rings is 1. The van der Waals surface area contributed by atoms with Gasteiger partial charge in [-0.15, -0.1) is 0 Å². The largest absolute Gasteiger partial charge is 0.346 e. The number of amides is 1. The van der Waals surface area contributed by atoms with Gasteiger partial charge < -0.3 is 10.2 Å². The number of piperidine rings is 3. The van der Waals surface area contributed by atoms with Gasteiger partial charge in [-0.05, 0) is 56.9 Å². The number of carbonyl (C=O) groups is 1. The van der Waals surface area contributed by atoms with Gasteiger partial charge in [-0.2, -0.15) is 5.10 Å². The Morgan fingerprint density at radius 2 is 1.91 bits per heavy atom. The first kappa shape index (κ1) is 13.8. The molecule has 5 nitrogen and oxygen atoms in total. The summed E-state index contributed by atoms with van der Waals surface area (Å²) >= 11 is 0. The number of hydrogen-bond acceptors (Lipinski definition) is 3. The van der Waals surface area contributed by atoms with E-state index in [0.29, 0.717) is 6.54 Å². The predicted molar refractivity (Wildman–Crippen MR) is 85.7 cm³/mol. The predicted octanol–water partition coefficient (Wildman–Crippen LogP) is 1.92. The average Bonchev–Trinajstić information content (AvgIpc) is 2.91. The van der Waals surface area contributed by atoms with Gasteiger partial charge in [0.1, 0.15) is 0 Å². The molecule has 4 aliphatic heterocycles. The zero-order valence-electron chi connectivity index (χ0n) is 13.0. The summed E-state index contributed by atoms with van der Waals surface area (Å²) in [5.41, 5.74) is 2.71. The summed E-state index contributed by atoms with van der Waals surface area (Å²) in [6, 6.07) is 5.70. The molecule has 0 radical (unpaired) electrons. The van der Waals surface area contributed by atoms with Crippen molar-refractivity contribution in [2.75, 3.05) is 19.6 Å². The van der Waals surface area contributed by atoms with Crippen LogP contribution in [0.1, 0.15) is 35.3 Å². The second-order valence-corrected chi connectivity index (χ2v) is 6.53. The van der Waals surface area contributed by atoms with E-state index in [0.717, 1.165) is 28.1 Å². The molecule has 116 valence electrons. The van der Waals surface area contributed by atoms with E-state index in [1.807, 2.05) is 29.9 Å². The fraction of sp³-hybridized carbons (Fsp3) is 0.529. The minimum Gasteiger partial charge on any atom is -0.346 e. The van der Waals surface area contributed by atoms with E-state index in [9.17, 15) is 4.79 Å². The fourth-order valence-corrected chi connectivity index (χ4v) is 3.83. The third kappa shape index (κ3) is 2.29. The molecular formula is C17H22N4O. The third-order valence-corrected chi connectivity index (χ3v) is 5.17. The SMILES string of the molecule is C1CN2CCC1CC2.Cn1nc2c3c(cccc31)C(=O)NC2. The molecule has 0 unspecified atom stereocenters. The molecule has 0 atom stereocenters. The van der Waals surface area contributed by atoms with Gasteiger partial charge in [0.15, 0.2) is 0 Å². The van der Waals surface area contributed by atoms with Gasteiger partial charge in [0, 0.05) is 12.4 Å². The molecule has 1 amide bonds. The van der Waals surface area contributed by atoms with E-state index in [-0.39, 0.29) is 5.91 Å². The van der Waals surface area contributed by atoms with Gasteiger partial charge in [-0.25, -0.2) is 0 Å². The molecule has 6 rings (SSSR count). The molecule has 4 aliphatic rings.